The van der Waals surface area contributed by atoms with Crippen LogP contribution in [0.2, 0.25) is 0 Å². The molecule has 3 N–H and O–H groups in total. The van der Waals surface area contributed by atoms with Gasteiger partial charge in [-0.15, -0.1) is 11.3 Å². The zero-order valence-electron chi connectivity index (χ0n) is 10.8. The third kappa shape index (κ3) is 6.16. The predicted octanol–water partition coefficient (Wildman–Crippen LogP) is 1.07. The SMILES string of the molecule is CC(C)OCCNC(=O)NCc1nc(C(=O)O)cs1. The van der Waals surface area contributed by atoms with Gasteiger partial charge < -0.3 is 20.5 Å². The van der Waals surface area contributed by atoms with E-state index in [0.717, 1.165) is 0 Å². The minimum absolute atomic E-state index is 0.00691. The number of carbonyl (C=O) groups is 2. The van der Waals surface area contributed by atoms with Crippen molar-refractivity contribution in [2.45, 2.75) is 26.5 Å². The second-order valence-corrected chi connectivity index (χ2v) is 4.90. The molecule has 1 rings (SSSR count). The first kappa shape index (κ1) is 15.4. The molecule has 19 heavy (non-hydrogen) atoms. The summed E-state index contributed by atoms with van der Waals surface area (Å²) in [5.41, 5.74) is -0.00691. The van der Waals surface area contributed by atoms with Crippen LogP contribution in [0, 0.1) is 0 Å². The highest BCUT2D eigenvalue weighted by molar-refractivity contribution is 7.09. The quantitative estimate of drug-likeness (QED) is 0.651. The van der Waals surface area contributed by atoms with Gasteiger partial charge in [-0.25, -0.2) is 14.6 Å². The molecule has 0 saturated heterocycles. The maximum absolute atomic E-state index is 11.4. The number of aromatic nitrogens is 1. The van der Waals surface area contributed by atoms with E-state index < -0.39 is 5.97 Å². The van der Waals surface area contributed by atoms with Crippen LogP contribution in [0.15, 0.2) is 5.38 Å². The second-order valence-electron chi connectivity index (χ2n) is 3.96. The van der Waals surface area contributed by atoms with Crippen LogP contribution in [0.5, 0.6) is 0 Å². The molecule has 7 nitrogen and oxygen atoms in total. The van der Waals surface area contributed by atoms with Gasteiger partial charge in [-0.2, -0.15) is 0 Å². The summed E-state index contributed by atoms with van der Waals surface area (Å²) < 4.78 is 5.27. The molecular weight excluding hydrogens is 270 g/mol. The Bertz CT molecular complexity index is 433. The average Bonchev–Trinajstić information content (AvgIpc) is 2.81. The number of amides is 2. The first-order valence-corrected chi connectivity index (χ1v) is 6.68. The molecule has 0 fully saturated rings. The number of thiazole rings is 1. The second kappa shape index (κ2) is 7.70. The van der Waals surface area contributed by atoms with Crippen LogP contribution in [0.4, 0.5) is 4.79 Å². The smallest absolute Gasteiger partial charge is 0.355 e. The number of carboxylic acid groups (broad SMARTS) is 1. The highest BCUT2D eigenvalue weighted by Crippen LogP contribution is 2.08. The van der Waals surface area contributed by atoms with Gasteiger partial charge in [0.1, 0.15) is 5.01 Å². The molecule has 1 aromatic heterocycles. The van der Waals surface area contributed by atoms with Crippen molar-refractivity contribution in [1.29, 1.82) is 0 Å². The molecular formula is C11H17N3O4S. The standard InChI is InChI=1S/C11H17N3O4S/c1-7(2)18-4-3-12-11(17)13-5-9-14-8(6-19-9)10(15)16/h6-7H,3-5H2,1-2H3,(H,15,16)(H2,12,13,17). The van der Waals surface area contributed by atoms with E-state index in [9.17, 15) is 9.59 Å². The number of hydrogen-bond donors (Lipinski definition) is 3. The summed E-state index contributed by atoms with van der Waals surface area (Å²) in [7, 11) is 0. The topological polar surface area (TPSA) is 101 Å². The van der Waals surface area contributed by atoms with Crippen LogP contribution in [0.25, 0.3) is 0 Å². The van der Waals surface area contributed by atoms with Gasteiger partial charge in [-0.05, 0) is 13.8 Å². The molecule has 0 atom stereocenters. The largest absolute Gasteiger partial charge is 0.476 e. The van der Waals surface area contributed by atoms with Crippen molar-refractivity contribution in [3.05, 3.63) is 16.1 Å². The van der Waals surface area contributed by atoms with E-state index in [0.29, 0.717) is 18.2 Å². The van der Waals surface area contributed by atoms with Crippen molar-refractivity contribution in [1.82, 2.24) is 15.6 Å². The van der Waals surface area contributed by atoms with Crippen molar-refractivity contribution in [3.63, 3.8) is 0 Å². The van der Waals surface area contributed by atoms with Crippen LogP contribution < -0.4 is 10.6 Å². The van der Waals surface area contributed by atoms with Crippen LogP contribution in [-0.4, -0.2) is 41.3 Å². The Kier molecular flexibility index (Phi) is 6.23. The minimum atomic E-state index is -1.07. The Morgan fingerprint density at radius 3 is 2.79 bits per heavy atom. The van der Waals surface area contributed by atoms with E-state index >= 15 is 0 Å². The van der Waals surface area contributed by atoms with Gasteiger partial charge in [0.2, 0.25) is 0 Å². The van der Waals surface area contributed by atoms with Crippen molar-refractivity contribution in [2.24, 2.45) is 0 Å². The highest BCUT2D eigenvalue weighted by atomic mass is 32.1. The van der Waals surface area contributed by atoms with E-state index in [1.165, 1.54) is 16.7 Å². The van der Waals surface area contributed by atoms with Crippen molar-refractivity contribution in [2.75, 3.05) is 13.2 Å². The summed E-state index contributed by atoms with van der Waals surface area (Å²) in [6.07, 6.45) is 0.134. The van der Waals surface area contributed by atoms with Crippen molar-refractivity contribution < 1.29 is 19.4 Å². The molecule has 1 heterocycles. The molecule has 2 amide bonds. The summed E-state index contributed by atoms with van der Waals surface area (Å²) in [6, 6.07) is -0.334. The molecule has 0 aromatic carbocycles. The molecule has 0 aliphatic heterocycles. The summed E-state index contributed by atoms with van der Waals surface area (Å²) in [6.45, 7) is 4.91. The van der Waals surface area contributed by atoms with Crippen LogP contribution in [0.3, 0.4) is 0 Å². The summed E-state index contributed by atoms with van der Waals surface area (Å²) >= 11 is 1.19. The van der Waals surface area contributed by atoms with E-state index in [2.05, 4.69) is 15.6 Å². The van der Waals surface area contributed by atoms with Gasteiger partial charge in [0.25, 0.3) is 0 Å². The zero-order valence-corrected chi connectivity index (χ0v) is 11.6. The fourth-order valence-electron chi connectivity index (χ4n) is 1.17. The normalized spacial score (nSPS) is 10.5. The molecule has 0 aliphatic carbocycles. The third-order valence-electron chi connectivity index (χ3n) is 2.01. The van der Waals surface area contributed by atoms with Crippen molar-refractivity contribution in [3.8, 4) is 0 Å². The van der Waals surface area contributed by atoms with Gasteiger partial charge in [0, 0.05) is 11.9 Å². The number of ether oxygens (including phenoxy) is 1. The third-order valence-corrected chi connectivity index (χ3v) is 2.86. The lowest BCUT2D eigenvalue weighted by Crippen LogP contribution is -2.37. The average molecular weight is 287 g/mol. The van der Waals surface area contributed by atoms with Gasteiger partial charge in [0.15, 0.2) is 5.69 Å². The van der Waals surface area contributed by atoms with E-state index in [1.54, 1.807) is 0 Å². The monoisotopic (exact) mass is 287 g/mol. The predicted molar refractivity (Wildman–Crippen MR) is 70.4 cm³/mol. The Morgan fingerprint density at radius 1 is 1.47 bits per heavy atom. The number of nitrogens with one attached hydrogen (secondary N) is 2. The van der Waals surface area contributed by atoms with Gasteiger partial charge in [-0.3, -0.25) is 0 Å². The number of nitrogens with zero attached hydrogens (tertiary/aromatic N) is 1. The summed E-state index contributed by atoms with van der Waals surface area (Å²) in [5.74, 6) is -1.07. The lowest BCUT2D eigenvalue weighted by molar-refractivity contribution is 0.0691. The fourth-order valence-corrected chi connectivity index (χ4v) is 1.88. The highest BCUT2D eigenvalue weighted by Gasteiger charge is 2.09. The minimum Gasteiger partial charge on any atom is -0.476 e. The number of carboxylic acids is 1. The lowest BCUT2D eigenvalue weighted by atomic mass is 10.5. The van der Waals surface area contributed by atoms with Crippen LogP contribution >= 0.6 is 11.3 Å². The molecule has 0 bridgehead atoms. The maximum Gasteiger partial charge on any atom is 0.355 e. The molecule has 0 spiro atoms. The summed E-state index contributed by atoms with van der Waals surface area (Å²) in [4.78, 5) is 25.8. The molecule has 0 radical (unpaired) electrons. The first-order valence-electron chi connectivity index (χ1n) is 5.80. The molecule has 1 aromatic rings. The number of aromatic carboxylic acids is 1. The fraction of sp³-hybridized carbons (Fsp3) is 0.545. The molecule has 106 valence electrons. The molecule has 8 heteroatoms. The number of rotatable bonds is 7. The Labute approximate surface area is 115 Å². The van der Waals surface area contributed by atoms with Gasteiger partial charge in [0.05, 0.1) is 19.3 Å². The summed E-state index contributed by atoms with van der Waals surface area (Å²) in [5, 5.41) is 15.9. The molecule has 0 aliphatic rings. The first-order chi connectivity index (χ1) is 8.99. The molecule has 0 unspecified atom stereocenters. The maximum atomic E-state index is 11.4. The number of hydrogen-bond acceptors (Lipinski definition) is 5. The van der Waals surface area contributed by atoms with E-state index in [1.807, 2.05) is 13.8 Å². The Hall–Kier alpha value is -1.67. The lowest BCUT2D eigenvalue weighted by Gasteiger charge is -2.09. The van der Waals surface area contributed by atoms with E-state index in [4.69, 9.17) is 9.84 Å². The number of urea groups is 1. The van der Waals surface area contributed by atoms with Crippen molar-refractivity contribution >= 4 is 23.3 Å². The van der Waals surface area contributed by atoms with E-state index in [-0.39, 0.29) is 24.4 Å². The van der Waals surface area contributed by atoms with Crippen LogP contribution in [0.1, 0.15) is 29.3 Å². The zero-order chi connectivity index (χ0) is 14.3. The van der Waals surface area contributed by atoms with Gasteiger partial charge in [-0.1, -0.05) is 0 Å². The van der Waals surface area contributed by atoms with Crippen LogP contribution in [-0.2, 0) is 11.3 Å². The Balaban J connectivity index is 2.20. The van der Waals surface area contributed by atoms with Gasteiger partial charge >= 0.3 is 12.0 Å². The molecule has 0 saturated carbocycles. The number of carbonyl (C=O) groups excluding carboxylic acids is 1. The Morgan fingerprint density at radius 2 is 2.21 bits per heavy atom.